The third-order valence-corrected chi connectivity index (χ3v) is 4.68. The van der Waals surface area contributed by atoms with E-state index < -0.39 is 0 Å². The summed E-state index contributed by atoms with van der Waals surface area (Å²) in [5, 5.41) is 18.1. The zero-order valence-electron chi connectivity index (χ0n) is 15.9. The van der Waals surface area contributed by atoms with Crippen LogP contribution in [0.2, 0.25) is 0 Å². The van der Waals surface area contributed by atoms with E-state index in [9.17, 15) is 10.1 Å². The van der Waals surface area contributed by atoms with Gasteiger partial charge in [0.2, 0.25) is 0 Å². The van der Waals surface area contributed by atoms with E-state index in [4.69, 9.17) is 0 Å². The maximum Gasteiger partial charge on any atom is 0.251 e. The minimum absolute atomic E-state index is 0.242. The first-order chi connectivity index (χ1) is 14.0. The SMILES string of the molecule is C=CC(=O)N(C)c1ccc(-c2cc(-c3cnn(C)c3)cn3ncc(C#N)c23)cn1. The van der Waals surface area contributed by atoms with Crippen LogP contribution >= 0.6 is 0 Å². The third-order valence-electron chi connectivity index (χ3n) is 4.68. The molecule has 0 fully saturated rings. The highest BCUT2D eigenvalue weighted by atomic mass is 16.2. The first-order valence-electron chi connectivity index (χ1n) is 8.79. The molecule has 0 aliphatic rings. The van der Waals surface area contributed by atoms with E-state index >= 15 is 0 Å². The van der Waals surface area contributed by atoms with Crippen molar-refractivity contribution in [1.29, 1.82) is 5.26 Å². The molecule has 0 unspecified atom stereocenters. The molecule has 0 atom stereocenters. The molecule has 0 bridgehead atoms. The van der Waals surface area contributed by atoms with E-state index in [0.717, 1.165) is 22.3 Å². The van der Waals surface area contributed by atoms with Crippen molar-refractivity contribution in [1.82, 2.24) is 24.4 Å². The number of aryl methyl sites for hydroxylation is 1. The average Bonchev–Trinajstić information content (AvgIpc) is 3.38. The van der Waals surface area contributed by atoms with Crippen LogP contribution in [-0.2, 0) is 11.8 Å². The largest absolute Gasteiger partial charge is 0.296 e. The zero-order valence-corrected chi connectivity index (χ0v) is 15.9. The molecule has 4 aromatic heterocycles. The number of nitriles is 1. The Labute approximate surface area is 166 Å². The van der Waals surface area contributed by atoms with E-state index in [2.05, 4.69) is 27.8 Å². The number of rotatable bonds is 4. The number of nitrogens with zero attached hydrogens (tertiary/aromatic N) is 7. The molecule has 0 spiro atoms. The van der Waals surface area contributed by atoms with Gasteiger partial charge < -0.3 is 0 Å². The van der Waals surface area contributed by atoms with Crippen molar-refractivity contribution in [2.75, 3.05) is 11.9 Å². The van der Waals surface area contributed by atoms with Gasteiger partial charge in [0, 0.05) is 54.9 Å². The highest BCUT2D eigenvalue weighted by Gasteiger charge is 2.15. The van der Waals surface area contributed by atoms with Gasteiger partial charge in [-0.2, -0.15) is 15.5 Å². The van der Waals surface area contributed by atoms with Gasteiger partial charge in [0.25, 0.3) is 5.91 Å². The summed E-state index contributed by atoms with van der Waals surface area (Å²) in [6.07, 6.45) is 10.0. The summed E-state index contributed by atoms with van der Waals surface area (Å²) in [7, 11) is 3.49. The van der Waals surface area contributed by atoms with Gasteiger partial charge in [0.1, 0.15) is 11.9 Å². The predicted molar refractivity (Wildman–Crippen MR) is 109 cm³/mol. The second kappa shape index (κ2) is 7.05. The Hall–Kier alpha value is -4.25. The molecule has 0 saturated carbocycles. The zero-order chi connectivity index (χ0) is 20.5. The molecule has 4 aromatic rings. The van der Waals surface area contributed by atoms with Crippen molar-refractivity contribution in [3.8, 4) is 28.3 Å². The van der Waals surface area contributed by atoms with Crippen LogP contribution in [0, 0.1) is 11.3 Å². The van der Waals surface area contributed by atoms with Gasteiger partial charge in [0.15, 0.2) is 0 Å². The topological polar surface area (TPSA) is 92.1 Å². The Morgan fingerprint density at radius 3 is 2.62 bits per heavy atom. The summed E-state index contributed by atoms with van der Waals surface area (Å²) in [4.78, 5) is 17.6. The van der Waals surface area contributed by atoms with Gasteiger partial charge in [-0.1, -0.05) is 6.58 Å². The fourth-order valence-corrected chi connectivity index (χ4v) is 3.15. The van der Waals surface area contributed by atoms with Crippen molar-refractivity contribution in [2.45, 2.75) is 0 Å². The molecular formula is C21H17N7O. The van der Waals surface area contributed by atoms with Gasteiger partial charge in [-0.3, -0.25) is 14.4 Å². The van der Waals surface area contributed by atoms with Crippen LogP contribution in [0.5, 0.6) is 0 Å². The summed E-state index contributed by atoms with van der Waals surface area (Å²) in [6.45, 7) is 3.49. The second-order valence-corrected chi connectivity index (χ2v) is 6.51. The molecule has 29 heavy (non-hydrogen) atoms. The Balaban J connectivity index is 1.87. The quantitative estimate of drug-likeness (QED) is 0.505. The molecule has 4 heterocycles. The molecule has 8 heteroatoms. The number of fused-ring (bicyclic) bond motifs is 1. The molecule has 0 aliphatic heterocycles. The molecule has 0 N–H and O–H groups in total. The number of anilines is 1. The van der Waals surface area contributed by atoms with Crippen LogP contribution in [0.4, 0.5) is 5.82 Å². The maximum atomic E-state index is 11.8. The Morgan fingerprint density at radius 2 is 2.00 bits per heavy atom. The summed E-state index contributed by atoms with van der Waals surface area (Å²) in [5.41, 5.74) is 4.64. The first-order valence-corrected chi connectivity index (χ1v) is 8.79. The molecule has 0 aromatic carbocycles. The molecule has 142 valence electrons. The van der Waals surface area contributed by atoms with Crippen molar-refractivity contribution < 1.29 is 4.79 Å². The van der Waals surface area contributed by atoms with Crippen LogP contribution in [0.3, 0.4) is 0 Å². The monoisotopic (exact) mass is 383 g/mol. The van der Waals surface area contributed by atoms with E-state index in [1.54, 1.807) is 40.9 Å². The summed E-state index contributed by atoms with van der Waals surface area (Å²) >= 11 is 0. The number of amides is 1. The third kappa shape index (κ3) is 3.15. The van der Waals surface area contributed by atoms with Gasteiger partial charge in [-0.25, -0.2) is 9.50 Å². The molecule has 0 aliphatic carbocycles. The molecule has 1 amide bonds. The van der Waals surface area contributed by atoms with Crippen molar-refractivity contribution in [3.05, 3.63) is 67.4 Å². The lowest BCUT2D eigenvalue weighted by molar-refractivity contribution is -0.113. The lowest BCUT2D eigenvalue weighted by Gasteiger charge is -2.14. The highest BCUT2D eigenvalue weighted by Crippen LogP contribution is 2.32. The normalized spacial score (nSPS) is 10.7. The van der Waals surface area contributed by atoms with E-state index in [0.29, 0.717) is 16.9 Å². The number of carbonyl (C=O) groups excluding carboxylic acids is 1. The van der Waals surface area contributed by atoms with Crippen LogP contribution < -0.4 is 4.90 Å². The summed E-state index contributed by atoms with van der Waals surface area (Å²) in [5.74, 6) is 0.265. The van der Waals surface area contributed by atoms with Crippen molar-refractivity contribution >= 4 is 17.2 Å². The van der Waals surface area contributed by atoms with Crippen LogP contribution in [0.15, 0.2) is 61.8 Å². The van der Waals surface area contributed by atoms with Crippen LogP contribution in [0.1, 0.15) is 5.56 Å². The van der Waals surface area contributed by atoms with Crippen molar-refractivity contribution in [2.24, 2.45) is 7.05 Å². The number of aromatic nitrogens is 5. The Morgan fingerprint density at radius 1 is 1.17 bits per heavy atom. The Bertz CT molecular complexity index is 1270. The molecule has 8 nitrogen and oxygen atoms in total. The number of carbonyl (C=O) groups is 1. The fraction of sp³-hybridized carbons (Fsp3) is 0.0952. The van der Waals surface area contributed by atoms with Gasteiger partial charge in [0.05, 0.1) is 23.5 Å². The van der Waals surface area contributed by atoms with Crippen LogP contribution in [-0.4, -0.2) is 37.3 Å². The van der Waals surface area contributed by atoms with E-state index in [-0.39, 0.29) is 5.91 Å². The maximum absolute atomic E-state index is 11.8. The number of hydrogen-bond acceptors (Lipinski definition) is 5. The smallest absolute Gasteiger partial charge is 0.251 e. The standard InChI is InChI=1S/C21H17N7O/c1-4-20(29)27(3)19-6-5-14(9-23-19)18-7-15(17-11-24-26(2)12-17)13-28-21(18)16(8-22)10-25-28/h4-7,9-13H,1H2,2-3H3. The molecular weight excluding hydrogens is 366 g/mol. The highest BCUT2D eigenvalue weighted by molar-refractivity contribution is 6.00. The lowest BCUT2D eigenvalue weighted by Crippen LogP contribution is -2.24. The van der Waals surface area contributed by atoms with Gasteiger partial charge in [-0.05, 0) is 24.3 Å². The predicted octanol–water partition coefficient (Wildman–Crippen LogP) is 2.82. The van der Waals surface area contributed by atoms with Crippen LogP contribution in [0.25, 0.3) is 27.8 Å². The number of hydrogen-bond donors (Lipinski definition) is 0. The Kier molecular flexibility index (Phi) is 4.41. The minimum Gasteiger partial charge on any atom is -0.296 e. The number of pyridine rings is 2. The second-order valence-electron chi connectivity index (χ2n) is 6.51. The van der Waals surface area contributed by atoms with E-state index in [1.165, 1.54) is 11.0 Å². The minimum atomic E-state index is -0.242. The molecule has 0 saturated heterocycles. The molecule has 4 rings (SSSR count). The van der Waals surface area contributed by atoms with E-state index in [1.807, 2.05) is 31.6 Å². The summed E-state index contributed by atoms with van der Waals surface area (Å²) in [6, 6.07) is 7.80. The lowest BCUT2D eigenvalue weighted by atomic mass is 10.0. The number of likely N-dealkylation sites (N-methyl/N-ethyl adjacent to an activating group) is 1. The van der Waals surface area contributed by atoms with Gasteiger partial charge in [-0.15, -0.1) is 0 Å². The van der Waals surface area contributed by atoms with Crippen molar-refractivity contribution in [3.63, 3.8) is 0 Å². The average molecular weight is 383 g/mol. The first kappa shape index (κ1) is 18.1. The molecule has 0 radical (unpaired) electrons. The van der Waals surface area contributed by atoms with Gasteiger partial charge >= 0.3 is 0 Å². The summed E-state index contributed by atoms with van der Waals surface area (Å²) < 4.78 is 3.42. The fourth-order valence-electron chi connectivity index (χ4n) is 3.15.